The van der Waals surface area contributed by atoms with E-state index in [2.05, 4.69) is 16.0 Å². The third-order valence-electron chi connectivity index (χ3n) is 3.29. The predicted molar refractivity (Wildman–Crippen MR) is 92.7 cm³/mol. The van der Waals surface area contributed by atoms with Gasteiger partial charge in [-0.15, -0.1) is 0 Å². The van der Waals surface area contributed by atoms with Crippen LogP contribution in [0.5, 0.6) is 5.75 Å². The lowest BCUT2D eigenvalue weighted by molar-refractivity contribution is 0.215. The second-order valence-corrected chi connectivity index (χ2v) is 5.86. The van der Waals surface area contributed by atoms with Crippen molar-refractivity contribution in [1.82, 2.24) is 5.32 Å². The van der Waals surface area contributed by atoms with E-state index >= 15 is 0 Å². The Hall–Kier alpha value is -2.73. The van der Waals surface area contributed by atoms with Gasteiger partial charge in [0.2, 0.25) is 0 Å². The molecule has 0 aromatic heterocycles. The summed E-state index contributed by atoms with van der Waals surface area (Å²) in [6, 6.07) is 13.4. The number of anilines is 2. The summed E-state index contributed by atoms with van der Waals surface area (Å²) < 4.78 is 5.21. The number of nitrogens with one attached hydrogen (secondary N) is 3. The molecule has 0 radical (unpaired) electrons. The molecule has 0 saturated heterocycles. The molecule has 0 atom stereocenters. The van der Waals surface area contributed by atoms with Gasteiger partial charge in [0.15, 0.2) is 0 Å². The molecule has 0 unspecified atom stereocenters. The molecule has 6 nitrogen and oxygen atoms in total. The van der Waals surface area contributed by atoms with Gasteiger partial charge in [0.05, 0.1) is 0 Å². The third kappa shape index (κ3) is 4.89. The standard InChI is InChI=1S/C17H16ClN3O3/c18-11-3-1-4-13(9-11)21-17(23)24-15-6-2-5-14(10-15)20-16(22)19-12-7-8-12/h1-6,9-10,12H,7-8H2,(H,21,23)(H2,19,20,22). The minimum atomic E-state index is -0.642. The number of halogens is 1. The van der Waals surface area contributed by atoms with Crippen molar-refractivity contribution in [2.24, 2.45) is 0 Å². The molecule has 3 amide bonds. The first kappa shape index (κ1) is 16.1. The van der Waals surface area contributed by atoms with Crippen LogP contribution in [0.15, 0.2) is 48.5 Å². The highest BCUT2D eigenvalue weighted by molar-refractivity contribution is 6.30. The van der Waals surface area contributed by atoms with Gasteiger partial charge in [-0.1, -0.05) is 23.7 Å². The number of carbonyl (C=O) groups is 2. The molecule has 1 aliphatic carbocycles. The van der Waals surface area contributed by atoms with Crippen LogP contribution in [-0.2, 0) is 0 Å². The van der Waals surface area contributed by atoms with E-state index in [9.17, 15) is 9.59 Å². The number of urea groups is 1. The van der Waals surface area contributed by atoms with Crippen LogP contribution in [0.2, 0.25) is 5.02 Å². The van der Waals surface area contributed by atoms with E-state index in [-0.39, 0.29) is 12.1 Å². The van der Waals surface area contributed by atoms with Gasteiger partial charge in [0.1, 0.15) is 5.75 Å². The van der Waals surface area contributed by atoms with Crippen molar-refractivity contribution < 1.29 is 14.3 Å². The summed E-state index contributed by atoms with van der Waals surface area (Å²) in [5, 5.41) is 8.62. The van der Waals surface area contributed by atoms with Crippen molar-refractivity contribution in [3.05, 3.63) is 53.6 Å². The second-order valence-electron chi connectivity index (χ2n) is 5.43. The molecule has 0 spiro atoms. The summed E-state index contributed by atoms with van der Waals surface area (Å²) in [4.78, 5) is 23.6. The number of carbonyl (C=O) groups excluding carboxylic acids is 2. The average Bonchev–Trinajstić information content (AvgIpc) is 3.31. The van der Waals surface area contributed by atoms with Crippen LogP contribution in [0.3, 0.4) is 0 Å². The van der Waals surface area contributed by atoms with Crippen LogP contribution in [0.1, 0.15) is 12.8 Å². The molecule has 0 heterocycles. The number of hydrogen-bond donors (Lipinski definition) is 3. The Morgan fingerprint density at radius 3 is 2.42 bits per heavy atom. The molecule has 2 aromatic rings. The van der Waals surface area contributed by atoms with Crippen LogP contribution in [0.25, 0.3) is 0 Å². The summed E-state index contributed by atoms with van der Waals surface area (Å²) in [6.45, 7) is 0. The topological polar surface area (TPSA) is 79.5 Å². The first-order chi connectivity index (χ1) is 11.6. The third-order valence-corrected chi connectivity index (χ3v) is 3.52. The molecule has 1 aliphatic rings. The van der Waals surface area contributed by atoms with E-state index < -0.39 is 6.09 Å². The highest BCUT2D eigenvalue weighted by atomic mass is 35.5. The van der Waals surface area contributed by atoms with Gasteiger partial charge in [0, 0.05) is 28.5 Å². The Kier molecular flexibility index (Phi) is 4.86. The lowest BCUT2D eigenvalue weighted by Gasteiger charge is -2.09. The van der Waals surface area contributed by atoms with Gasteiger partial charge >= 0.3 is 12.1 Å². The number of ether oxygens (including phenoxy) is 1. The molecule has 1 fully saturated rings. The van der Waals surface area contributed by atoms with Crippen molar-refractivity contribution in [2.75, 3.05) is 10.6 Å². The smallest absolute Gasteiger partial charge is 0.410 e. The molecule has 2 aromatic carbocycles. The Morgan fingerprint density at radius 1 is 1.00 bits per heavy atom. The Morgan fingerprint density at radius 2 is 1.71 bits per heavy atom. The highest BCUT2D eigenvalue weighted by Gasteiger charge is 2.23. The van der Waals surface area contributed by atoms with Crippen LogP contribution in [-0.4, -0.2) is 18.2 Å². The maximum atomic E-state index is 11.9. The fraction of sp³-hybridized carbons (Fsp3) is 0.176. The van der Waals surface area contributed by atoms with Gasteiger partial charge in [-0.05, 0) is 43.2 Å². The zero-order chi connectivity index (χ0) is 16.9. The lowest BCUT2D eigenvalue weighted by atomic mass is 10.3. The summed E-state index contributed by atoms with van der Waals surface area (Å²) in [5.41, 5.74) is 1.08. The quantitative estimate of drug-likeness (QED) is 0.775. The van der Waals surface area contributed by atoms with E-state index in [1.807, 2.05) is 0 Å². The van der Waals surface area contributed by atoms with E-state index in [0.717, 1.165) is 12.8 Å². The van der Waals surface area contributed by atoms with Crippen LogP contribution >= 0.6 is 11.6 Å². The monoisotopic (exact) mass is 345 g/mol. The van der Waals surface area contributed by atoms with Gasteiger partial charge in [0.25, 0.3) is 0 Å². The molecule has 3 rings (SSSR count). The Labute approximate surface area is 144 Å². The fourth-order valence-electron chi connectivity index (χ4n) is 2.03. The lowest BCUT2D eigenvalue weighted by Crippen LogP contribution is -2.30. The molecule has 124 valence electrons. The molecular weight excluding hydrogens is 330 g/mol. The summed E-state index contributed by atoms with van der Waals surface area (Å²) in [6.07, 6.45) is 1.39. The van der Waals surface area contributed by atoms with Crippen LogP contribution in [0.4, 0.5) is 21.0 Å². The van der Waals surface area contributed by atoms with Gasteiger partial charge in [-0.3, -0.25) is 5.32 Å². The van der Waals surface area contributed by atoms with Crippen LogP contribution in [0, 0.1) is 0 Å². The van der Waals surface area contributed by atoms with E-state index in [1.54, 1.807) is 48.5 Å². The Bertz CT molecular complexity index is 762. The Balaban J connectivity index is 1.57. The molecule has 7 heteroatoms. The molecule has 3 N–H and O–H groups in total. The van der Waals surface area contributed by atoms with Crippen molar-refractivity contribution in [1.29, 1.82) is 0 Å². The molecular formula is C17H16ClN3O3. The summed E-state index contributed by atoms with van der Waals surface area (Å²) >= 11 is 5.86. The zero-order valence-electron chi connectivity index (χ0n) is 12.7. The molecule has 1 saturated carbocycles. The maximum absolute atomic E-state index is 11.9. The van der Waals surface area contributed by atoms with Crippen molar-refractivity contribution in [3.8, 4) is 5.75 Å². The zero-order valence-corrected chi connectivity index (χ0v) is 13.5. The minimum absolute atomic E-state index is 0.266. The van der Waals surface area contributed by atoms with E-state index in [0.29, 0.717) is 22.1 Å². The molecule has 24 heavy (non-hydrogen) atoms. The number of rotatable bonds is 4. The fourth-order valence-corrected chi connectivity index (χ4v) is 2.22. The summed E-state index contributed by atoms with van der Waals surface area (Å²) in [7, 11) is 0. The minimum Gasteiger partial charge on any atom is -0.410 e. The largest absolute Gasteiger partial charge is 0.417 e. The normalized spacial score (nSPS) is 13.0. The van der Waals surface area contributed by atoms with Crippen molar-refractivity contribution >= 4 is 35.1 Å². The van der Waals surface area contributed by atoms with Crippen molar-refractivity contribution in [2.45, 2.75) is 18.9 Å². The van der Waals surface area contributed by atoms with Crippen LogP contribution < -0.4 is 20.7 Å². The number of benzene rings is 2. The molecule has 0 aliphatic heterocycles. The van der Waals surface area contributed by atoms with Gasteiger partial charge in [-0.2, -0.15) is 0 Å². The van der Waals surface area contributed by atoms with E-state index in [4.69, 9.17) is 16.3 Å². The van der Waals surface area contributed by atoms with Crippen molar-refractivity contribution in [3.63, 3.8) is 0 Å². The first-order valence-corrected chi connectivity index (χ1v) is 7.88. The van der Waals surface area contributed by atoms with Gasteiger partial charge < -0.3 is 15.4 Å². The second kappa shape index (κ2) is 7.23. The van der Waals surface area contributed by atoms with E-state index in [1.165, 1.54) is 0 Å². The maximum Gasteiger partial charge on any atom is 0.417 e. The predicted octanol–water partition coefficient (Wildman–Crippen LogP) is 4.23. The molecule has 0 bridgehead atoms. The first-order valence-electron chi connectivity index (χ1n) is 7.50. The average molecular weight is 346 g/mol. The SMILES string of the molecule is O=C(Nc1cccc(OC(=O)Nc2cccc(Cl)c2)c1)NC1CC1. The number of amides is 3. The number of hydrogen-bond acceptors (Lipinski definition) is 3. The van der Waals surface area contributed by atoms with Gasteiger partial charge in [-0.25, -0.2) is 9.59 Å². The summed E-state index contributed by atoms with van der Waals surface area (Å²) in [5.74, 6) is 0.318. The highest BCUT2D eigenvalue weighted by Crippen LogP contribution is 2.21.